The quantitative estimate of drug-likeness (QED) is 0.325. The van der Waals surface area contributed by atoms with Gasteiger partial charge in [-0.05, 0) is 12.1 Å². The van der Waals surface area contributed by atoms with Crippen LogP contribution < -0.4 is 14.3 Å². The molecule has 0 unspecified atom stereocenters. The summed E-state index contributed by atoms with van der Waals surface area (Å²) < 4.78 is 14.0. The predicted octanol–water partition coefficient (Wildman–Crippen LogP) is 5.57. The van der Waals surface area contributed by atoms with E-state index in [-0.39, 0.29) is 12.7 Å². The fourth-order valence-electron chi connectivity index (χ4n) is 4.11. The second-order valence-corrected chi connectivity index (χ2v) is 8.82. The predicted molar refractivity (Wildman–Crippen MR) is 133 cm³/mol. The molecule has 1 amide bonds. The molecule has 0 saturated heterocycles. The van der Waals surface area contributed by atoms with Gasteiger partial charge in [0.2, 0.25) is 6.79 Å². The summed E-state index contributed by atoms with van der Waals surface area (Å²) in [4.78, 5) is 23.5. The number of rotatable bonds is 4. The van der Waals surface area contributed by atoms with E-state index < -0.39 is 0 Å². The highest BCUT2D eigenvalue weighted by atomic mass is 32.1. The molecule has 5 aromatic rings. The van der Waals surface area contributed by atoms with Crippen LogP contribution in [0.25, 0.3) is 32.4 Å². The number of nitrogens with zero attached hydrogens (tertiary/aromatic N) is 3. The Hall–Kier alpha value is -4.23. The molecule has 0 atom stereocenters. The molecule has 6 rings (SSSR count). The molecule has 6 nitrogen and oxygen atoms in total. The highest BCUT2D eigenvalue weighted by molar-refractivity contribution is 7.16. The van der Waals surface area contributed by atoms with Crippen molar-refractivity contribution in [2.24, 2.45) is 4.99 Å². The molecule has 2 aromatic heterocycles. The van der Waals surface area contributed by atoms with Crippen LogP contribution in [0.3, 0.4) is 0 Å². The third kappa shape index (κ3) is 3.47. The zero-order chi connectivity index (χ0) is 23.1. The Bertz CT molecular complexity index is 1650. The van der Waals surface area contributed by atoms with Gasteiger partial charge in [0.1, 0.15) is 0 Å². The largest absolute Gasteiger partial charge is 0.454 e. The smallest absolute Gasteiger partial charge is 0.280 e. The van der Waals surface area contributed by atoms with E-state index in [9.17, 15) is 4.79 Å². The van der Waals surface area contributed by atoms with Crippen molar-refractivity contribution in [3.8, 4) is 22.8 Å². The second kappa shape index (κ2) is 8.28. The van der Waals surface area contributed by atoms with Crippen LogP contribution in [0.5, 0.6) is 11.5 Å². The number of benzene rings is 3. The molecule has 3 heterocycles. The van der Waals surface area contributed by atoms with Crippen LogP contribution in [0, 0.1) is 0 Å². The minimum absolute atomic E-state index is 0.211. The summed E-state index contributed by atoms with van der Waals surface area (Å²) in [6, 6.07) is 23.2. The van der Waals surface area contributed by atoms with E-state index in [0.29, 0.717) is 28.4 Å². The van der Waals surface area contributed by atoms with Gasteiger partial charge in [0.25, 0.3) is 5.91 Å². The number of fused-ring (bicyclic) bond motifs is 3. The molecule has 7 heteroatoms. The standard InChI is InChI=1S/C27H19N3O3S/c1-2-12-30-22-14-23-24(33-16-32-23)15-25(22)34-27(30)29-26(31)19-13-21(17-8-4-3-5-9-17)28-20-11-7-6-10-18(19)20/h2-11,13-15H,1,12,16H2. The maximum absolute atomic E-state index is 13.6. The summed E-state index contributed by atoms with van der Waals surface area (Å²) in [6.45, 7) is 4.60. The van der Waals surface area contributed by atoms with Crippen LogP contribution in [0.4, 0.5) is 0 Å². The lowest BCUT2D eigenvalue weighted by Crippen LogP contribution is -2.16. The van der Waals surface area contributed by atoms with Crippen molar-refractivity contribution in [1.29, 1.82) is 0 Å². The molecule has 0 aliphatic carbocycles. The monoisotopic (exact) mass is 465 g/mol. The number of thiazole rings is 1. The molecule has 166 valence electrons. The van der Waals surface area contributed by atoms with Gasteiger partial charge in [-0.25, -0.2) is 4.98 Å². The van der Waals surface area contributed by atoms with E-state index >= 15 is 0 Å². The lowest BCUT2D eigenvalue weighted by atomic mass is 10.0. The van der Waals surface area contributed by atoms with Crippen molar-refractivity contribution in [2.75, 3.05) is 6.79 Å². The Morgan fingerprint density at radius 1 is 1.06 bits per heavy atom. The van der Waals surface area contributed by atoms with Crippen molar-refractivity contribution >= 4 is 38.4 Å². The molecule has 3 aromatic carbocycles. The SMILES string of the molecule is C=CCn1c(=NC(=O)c2cc(-c3ccccc3)nc3ccccc23)sc2cc3c(cc21)OCO3. The van der Waals surface area contributed by atoms with Crippen molar-refractivity contribution in [2.45, 2.75) is 6.54 Å². The minimum atomic E-state index is -0.319. The molecule has 34 heavy (non-hydrogen) atoms. The molecule has 0 fully saturated rings. The number of allylic oxidation sites excluding steroid dienone is 1. The Kier molecular flexibility index (Phi) is 4.96. The number of amides is 1. The fourth-order valence-corrected chi connectivity index (χ4v) is 5.15. The van der Waals surface area contributed by atoms with Gasteiger partial charge in [-0.3, -0.25) is 4.79 Å². The summed E-state index contributed by atoms with van der Waals surface area (Å²) in [7, 11) is 0. The minimum Gasteiger partial charge on any atom is -0.454 e. The van der Waals surface area contributed by atoms with Gasteiger partial charge in [-0.15, -0.1) is 6.58 Å². The summed E-state index contributed by atoms with van der Waals surface area (Å²) in [6.07, 6.45) is 1.79. The van der Waals surface area contributed by atoms with Crippen LogP contribution >= 0.6 is 11.3 Å². The zero-order valence-corrected chi connectivity index (χ0v) is 18.9. The average Bonchev–Trinajstić information content (AvgIpc) is 3.46. The summed E-state index contributed by atoms with van der Waals surface area (Å²) in [5, 5.41) is 0.771. The van der Waals surface area contributed by atoms with Crippen LogP contribution in [0.1, 0.15) is 10.4 Å². The summed E-state index contributed by atoms with van der Waals surface area (Å²) in [5.41, 5.74) is 3.87. The third-order valence-electron chi connectivity index (χ3n) is 5.70. The Labute approximate surface area is 199 Å². The molecule has 1 aliphatic rings. The third-order valence-corrected chi connectivity index (χ3v) is 6.74. The molecule has 0 radical (unpaired) electrons. The first-order valence-electron chi connectivity index (χ1n) is 10.8. The van der Waals surface area contributed by atoms with Gasteiger partial charge in [0.05, 0.1) is 27.0 Å². The Morgan fingerprint density at radius 3 is 2.65 bits per heavy atom. The van der Waals surface area contributed by atoms with Crippen LogP contribution in [0.2, 0.25) is 0 Å². The lowest BCUT2D eigenvalue weighted by molar-refractivity contribution is 0.0999. The van der Waals surface area contributed by atoms with Gasteiger partial charge in [0.15, 0.2) is 16.3 Å². The van der Waals surface area contributed by atoms with Gasteiger partial charge in [-0.1, -0.05) is 65.9 Å². The first-order chi connectivity index (χ1) is 16.7. The molecule has 0 spiro atoms. The number of hydrogen-bond acceptors (Lipinski definition) is 5. The van der Waals surface area contributed by atoms with E-state index in [2.05, 4.69) is 11.6 Å². The Balaban J connectivity index is 1.54. The summed E-state index contributed by atoms with van der Waals surface area (Å²) in [5.74, 6) is 1.07. The molecule has 0 bridgehead atoms. The number of carbonyl (C=O) groups excluding carboxylic acids is 1. The second-order valence-electron chi connectivity index (χ2n) is 7.81. The molecule has 0 saturated carbocycles. The number of pyridine rings is 1. The average molecular weight is 466 g/mol. The van der Waals surface area contributed by atoms with E-state index in [0.717, 1.165) is 32.4 Å². The highest BCUT2D eigenvalue weighted by Crippen LogP contribution is 2.37. The normalized spacial score (nSPS) is 13.0. The highest BCUT2D eigenvalue weighted by Gasteiger charge is 2.19. The molecule has 1 aliphatic heterocycles. The van der Waals surface area contributed by atoms with E-state index in [1.165, 1.54) is 11.3 Å². The van der Waals surface area contributed by atoms with Crippen LogP contribution in [-0.4, -0.2) is 22.3 Å². The van der Waals surface area contributed by atoms with E-state index in [4.69, 9.17) is 14.5 Å². The zero-order valence-electron chi connectivity index (χ0n) is 18.1. The number of hydrogen-bond donors (Lipinski definition) is 0. The van der Waals surface area contributed by atoms with Gasteiger partial charge < -0.3 is 14.0 Å². The number of para-hydroxylation sites is 1. The van der Waals surface area contributed by atoms with Gasteiger partial charge >= 0.3 is 0 Å². The molecular weight excluding hydrogens is 446 g/mol. The van der Waals surface area contributed by atoms with Crippen molar-refractivity contribution in [3.63, 3.8) is 0 Å². The first-order valence-corrected chi connectivity index (χ1v) is 11.6. The van der Waals surface area contributed by atoms with Crippen LogP contribution in [0.15, 0.2) is 90.4 Å². The van der Waals surface area contributed by atoms with Crippen molar-refractivity contribution < 1.29 is 14.3 Å². The van der Waals surface area contributed by atoms with Crippen molar-refractivity contribution in [1.82, 2.24) is 9.55 Å². The maximum Gasteiger partial charge on any atom is 0.280 e. The van der Waals surface area contributed by atoms with Crippen LogP contribution in [-0.2, 0) is 6.54 Å². The first kappa shape index (κ1) is 20.4. The topological polar surface area (TPSA) is 65.7 Å². The molecular formula is C27H19N3O3S. The number of carbonyl (C=O) groups is 1. The number of ether oxygens (including phenoxy) is 2. The fraction of sp³-hybridized carbons (Fsp3) is 0.0741. The van der Waals surface area contributed by atoms with E-state index in [1.54, 1.807) is 6.08 Å². The van der Waals surface area contributed by atoms with Gasteiger partial charge in [-0.2, -0.15) is 4.99 Å². The lowest BCUT2D eigenvalue weighted by Gasteiger charge is -2.08. The van der Waals surface area contributed by atoms with Gasteiger partial charge in [0, 0.05) is 29.6 Å². The number of aromatic nitrogens is 2. The Morgan fingerprint density at radius 2 is 1.82 bits per heavy atom. The van der Waals surface area contributed by atoms with Crippen molar-refractivity contribution in [3.05, 3.63) is 95.8 Å². The molecule has 0 N–H and O–H groups in total. The van der Waals surface area contributed by atoms with E-state index in [1.807, 2.05) is 77.4 Å². The summed E-state index contributed by atoms with van der Waals surface area (Å²) >= 11 is 1.44. The maximum atomic E-state index is 13.6.